The van der Waals surface area contributed by atoms with Crippen LogP contribution >= 0.6 is 0 Å². The molecule has 0 saturated carbocycles. The van der Waals surface area contributed by atoms with Gasteiger partial charge in [0, 0.05) is 30.9 Å². The summed E-state index contributed by atoms with van der Waals surface area (Å²) in [4.78, 5) is 40.9. The number of esters is 1. The van der Waals surface area contributed by atoms with Gasteiger partial charge in [0.1, 0.15) is 0 Å². The number of anilines is 1. The molecule has 1 aromatic rings. The van der Waals surface area contributed by atoms with Crippen molar-refractivity contribution in [3.8, 4) is 0 Å². The van der Waals surface area contributed by atoms with Gasteiger partial charge < -0.3 is 19.7 Å². The molecule has 3 atom stereocenters. The Morgan fingerprint density at radius 1 is 1.24 bits per heavy atom. The van der Waals surface area contributed by atoms with Gasteiger partial charge in [-0.25, -0.2) is 0 Å². The van der Waals surface area contributed by atoms with Gasteiger partial charge in [0.2, 0.25) is 5.91 Å². The van der Waals surface area contributed by atoms with Crippen molar-refractivity contribution in [2.45, 2.75) is 58.7 Å². The molecular formula is C27H38N2O5. The number of hydrogen-bond donors (Lipinski definition) is 1. The van der Waals surface area contributed by atoms with E-state index in [1.165, 1.54) is 14.0 Å². The number of ketones is 1. The molecule has 1 amide bonds. The Balaban J connectivity index is 1.62. The highest BCUT2D eigenvalue weighted by Crippen LogP contribution is 2.40. The van der Waals surface area contributed by atoms with Gasteiger partial charge in [-0.1, -0.05) is 38.6 Å². The highest BCUT2D eigenvalue weighted by Gasteiger charge is 2.56. The molecule has 0 radical (unpaired) electrons. The summed E-state index contributed by atoms with van der Waals surface area (Å²) in [6, 6.07) is 10.1. The summed E-state index contributed by atoms with van der Waals surface area (Å²) in [5.74, 6) is -0.421. The van der Waals surface area contributed by atoms with Crippen LogP contribution in [0.4, 0.5) is 5.69 Å². The van der Waals surface area contributed by atoms with Crippen molar-refractivity contribution in [1.82, 2.24) is 4.90 Å². The summed E-state index contributed by atoms with van der Waals surface area (Å²) < 4.78 is 11.2. The Morgan fingerprint density at radius 2 is 1.88 bits per heavy atom. The van der Waals surface area contributed by atoms with E-state index in [4.69, 9.17) is 9.47 Å². The van der Waals surface area contributed by atoms with E-state index in [1.54, 1.807) is 0 Å². The lowest BCUT2D eigenvalue weighted by Crippen LogP contribution is -2.57. The lowest BCUT2D eigenvalue weighted by atomic mass is 9.71. The second kappa shape index (κ2) is 11.2. The Kier molecular flexibility index (Phi) is 8.52. The van der Waals surface area contributed by atoms with Crippen molar-refractivity contribution >= 4 is 23.3 Å². The van der Waals surface area contributed by atoms with Crippen molar-refractivity contribution in [3.05, 3.63) is 42.5 Å². The molecule has 7 heteroatoms. The molecule has 0 aromatic heterocycles. The fourth-order valence-electron chi connectivity index (χ4n) is 4.85. The van der Waals surface area contributed by atoms with Gasteiger partial charge in [0.25, 0.3) is 0 Å². The maximum atomic E-state index is 13.2. The molecule has 34 heavy (non-hydrogen) atoms. The molecule has 0 spiro atoms. The van der Waals surface area contributed by atoms with Crippen LogP contribution in [0, 0.1) is 17.3 Å². The molecule has 1 N–H and O–H groups in total. The van der Waals surface area contributed by atoms with E-state index < -0.39 is 23.6 Å². The largest absolute Gasteiger partial charge is 0.468 e. The highest BCUT2D eigenvalue weighted by molar-refractivity contribution is 6.13. The predicted octanol–water partition coefficient (Wildman–Crippen LogP) is 3.85. The van der Waals surface area contributed by atoms with Gasteiger partial charge in [0.15, 0.2) is 11.2 Å². The average Bonchev–Trinajstić information content (AvgIpc) is 2.84. The Morgan fingerprint density at radius 3 is 2.47 bits per heavy atom. The van der Waals surface area contributed by atoms with Gasteiger partial charge in [-0.3, -0.25) is 14.4 Å². The molecule has 0 aliphatic carbocycles. The molecule has 186 valence electrons. The average molecular weight is 471 g/mol. The third-order valence-corrected chi connectivity index (χ3v) is 7.12. The summed E-state index contributed by atoms with van der Waals surface area (Å²) in [6.07, 6.45) is 0.983. The lowest BCUT2D eigenvalue weighted by molar-refractivity contribution is -0.178. The standard InChI is InChI=1S/C27H38N2O5/c1-18(2)15-22-19(3)25(31)27(4,26(32)33-5)23(34-22)16-24(30)29-13-11-20(12-14-29)17-28-21-9-7-6-8-10-21/h6-10,18,20,22-23,28H,3,11-17H2,1-2,4-5H3/t22-,23+,27+/m0/s1. The van der Waals surface area contributed by atoms with Crippen LogP contribution in [-0.2, 0) is 23.9 Å². The molecule has 3 rings (SSSR count). The van der Waals surface area contributed by atoms with Crippen LogP contribution < -0.4 is 5.32 Å². The summed E-state index contributed by atoms with van der Waals surface area (Å²) >= 11 is 0. The van der Waals surface area contributed by atoms with Gasteiger partial charge in [0.05, 0.1) is 25.7 Å². The maximum Gasteiger partial charge on any atom is 0.322 e. The molecule has 2 fully saturated rings. The van der Waals surface area contributed by atoms with Crippen molar-refractivity contribution in [2.24, 2.45) is 17.3 Å². The minimum absolute atomic E-state index is 0.0356. The van der Waals surface area contributed by atoms with E-state index in [1.807, 2.05) is 49.1 Å². The van der Waals surface area contributed by atoms with Crippen molar-refractivity contribution in [2.75, 3.05) is 32.1 Å². The molecule has 0 unspecified atom stereocenters. The topological polar surface area (TPSA) is 84.9 Å². The van der Waals surface area contributed by atoms with E-state index in [-0.39, 0.29) is 29.6 Å². The smallest absolute Gasteiger partial charge is 0.322 e. The first-order chi connectivity index (χ1) is 16.2. The predicted molar refractivity (Wildman–Crippen MR) is 131 cm³/mol. The van der Waals surface area contributed by atoms with Crippen molar-refractivity contribution in [1.29, 1.82) is 0 Å². The number of likely N-dealkylation sites (tertiary alicyclic amines) is 1. The minimum Gasteiger partial charge on any atom is -0.468 e. The molecule has 7 nitrogen and oxygen atoms in total. The Labute approximate surface area is 202 Å². The molecule has 0 bridgehead atoms. The van der Waals surface area contributed by atoms with Gasteiger partial charge in [-0.2, -0.15) is 0 Å². The lowest BCUT2D eigenvalue weighted by Gasteiger charge is -2.43. The number of benzene rings is 1. The normalized spacial score (nSPS) is 26.0. The van der Waals surface area contributed by atoms with Crippen LogP contribution in [0.3, 0.4) is 0 Å². The Hall–Kier alpha value is -2.67. The van der Waals surface area contributed by atoms with E-state index in [0.717, 1.165) is 25.1 Å². The van der Waals surface area contributed by atoms with Crippen LogP contribution in [0.5, 0.6) is 0 Å². The third kappa shape index (κ3) is 5.69. The SMILES string of the molecule is C=C1C(=O)[C@](C)(C(=O)OC)[C@@H](CC(=O)N2CCC(CNc3ccccc3)CC2)O[C@H]1CC(C)C. The number of hydrogen-bond acceptors (Lipinski definition) is 6. The summed E-state index contributed by atoms with van der Waals surface area (Å²) in [5, 5.41) is 3.46. The van der Waals surface area contributed by atoms with Gasteiger partial charge in [-0.05, 0) is 50.2 Å². The zero-order valence-electron chi connectivity index (χ0n) is 20.8. The number of Topliss-reactive ketones (excluding diaryl/α,β-unsaturated/α-hetero) is 1. The first kappa shape index (κ1) is 25.9. The molecule has 2 saturated heterocycles. The third-order valence-electron chi connectivity index (χ3n) is 7.12. The number of carbonyl (C=O) groups excluding carboxylic acids is 3. The fraction of sp³-hybridized carbons (Fsp3) is 0.593. The number of nitrogens with zero attached hydrogens (tertiary/aromatic N) is 1. The molecule has 2 aliphatic rings. The van der Waals surface area contributed by atoms with Crippen molar-refractivity contribution < 1.29 is 23.9 Å². The summed E-state index contributed by atoms with van der Waals surface area (Å²) in [5.41, 5.74) is -0.204. The second-order valence-electron chi connectivity index (χ2n) is 10.1. The Bertz CT molecular complexity index is 892. The van der Waals surface area contributed by atoms with Crippen LogP contribution in [0.2, 0.25) is 0 Å². The van der Waals surface area contributed by atoms with E-state index in [9.17, 15) is 14.4 Å². The monoisotopic (exact) mass is 470 g/mol. The first-order valence-corrected chi connectivity index (χ1v) is 12.2. The van der Waals surface area contributed by atoms with Crippen LogP contribution in [0.25, 0.3) is 0 Å². The van der Waals surface area contributed by atoms with E-state index >= 15 is 0 Å². The van der Waals surface area contributed by atoms with E-state index in [0.29, 0.717) is 25.4 Å². The van der Waals surface area contributed by atoms with Crippen LogP contribution in [0.15, 0.2) is 42.5 Å². The number of methoxy groups -OCH3 is 1. The highest BCUT2D eigenvalue weighted by atomic mass is 16.5. The number of piperidine rings is 1. The van der Waals surface area contributed by atoms with Crippen molar-refractivity contribution in [3.63, 3.8) is 0 Å². The van der Waals surface area contributed by atoms with Crippen LogP contribution in [0.1, 0.15) is 46.5 Å². The fourth-order valence-corrected chi connectivity index (χ4v) is 4.85. The molecule has 2 heterocycles. The number of rotatable bonds is 8. The number of carbonyl (C=O) groups is 3. The molecular weight excluding hydrogens is 432 g/mol. The van der Waals surface area contributed by atoms with Gasteiger partial charge in [-0.15, -0.1) is 0 Å². The number of para-hydroxylation sites is 1. The second-order valence-corrected chi connectivity index (χ2v) is 10.1. The first-order valence-electron chi connectivity index (χ1n) is 12.2. The molecule has 1 aromatic carbocycles. The maximum absolute atomic E-state index is 13.2. The molecule has 2 aliphatic heterocycles. The quantitative estimate of drug-likeness (QED) is 0.353. The minimum atomic E-state index is -1.58. The number of amides is 1. The zero-order chi connectivity index (χ0) is 24.9. The summed E-state index contributed by atoms with van der Waals surface area (Å²) in [6.45, 7) is 11.7. The van der Waals surface area contributed by atoms with Crippen LogP contribution in [-0.4, -0.2) is 61.5 Å². The zero-order valence-corrected chi connectivity index (χ0v) is 20.8. The number of nitrogens with one attached hydrogen (secondary N) is 1. The summed E-state index contributed by atoms with van der Waals surface area (Å²) in [7, 11) is 1.25. The van der Waals surface area contributed by atoms with Gasteiger partial charge >= 0.3 is 5.97 Å². The number of ether oxygens (including phenoxy) is 2. The van der Waals surface area contributed by atoms with E-state index in [2.05, 4.69) is 11.9 Å².